The van der Waals surface area contributed by atoms with E-state index in [2.05, 4.69) is 37.4 Å². The number of nitrogen functional groups attached to an aromatic ring is 2. The number of hydrogen-bond donors (Lipinski definition) is 3. The zero-order valence-corrected chi connectivity index (χ0v) is 12.1. The van der Waals surface area contributed by atoms with Crippen LogP contribution in [0, 0.1) is 0 Å². The molecule has 5 N–H and O–H groups in total. The van der Waals surface area contributed by atoms with Gasteiger partial charge in [0.1, 0.15) is 11.6 Å². The number of aromatic nitrogens is 2. The molecule has 7 heteroatoms. The molecule has 0 saturated carbocycles. The number of hydrogen-bond acceptors (Lipinski definition) is 6. The normalized spacial score (nSPS) is 10.3. The Kier molecular flexibility index (Phi) is 4.18. The summed E-state index contributed by atoms with van der Waals surface area (Å²) >= 11 is 3.45. The van der Waals surface area contributed by atoms with Crippen molar-refractivity contribution in [3.63, 3.8) is 0 Å². The lowest BCUT2D eigenvalue weighted by Crippen LogP contribution is -2.19. The van der Waals surface area contributed by atoms with Gasteiger partial charge in [-0.15, -0.1) is 0 Å². The van der Waals surface area contributed by atoms with Gasteiger partial charge in [0.05, 0.1) is 0 Å². The lowest BCUT2D eigenvalue weighted by Gasteiger charge is -2.19. The summed E-state index contributed by atoms with van der Waals surface area (Å²) in [7, 11) is 1.93. The van der Waals surface area contributed by atoms with Gasteiger partial charge in [-0.3, -0.25) is 0 Å². The fourth-order valence-corrected chi connectivity index (χ4v) is 2.16. The number of nitrogens with zero attached hydrogens (tertiary/aromatic N) is 3. The molecular formula is C12H15BrN6. The fraction of sp³-hybridized carbons (Fsp3) is 0.167. The summed E-state index contributed by atoms with van der Waals surface area (Å²) in [5, 5.41) is 0. The Morgan fingerprint density at radius 2 is 2.11 bits per heavy atom. The van der Waals surface area contributed by atoms with Gasteiger partial charge in [-0.1, -0.05) is 28.1 Å². The molecule has 0 radical (unpaired) electrons. The minimum atomic E-state index is 0.187. The van der Waals surface area contributed by atoms with Crippen LogP contribution >= 0.6 is 15.9 Å². The van der Waals surface area contributed by atoms with Gasteiger partial charge < -0.3 is 16.1 Å². The van der Waals surface area contributed by atoms with Crippen LogP contribution in [0.25, 0.3) is 0 Å². The molecule has 1 heterocycles. The summed E-state index contributed by atoms with van der Waals surface area (Å²) in [5.74, 6) is 6.72. The van der Waals surface area contributed by atoms with Crippen molar-refractivity contribution in [1.29, 1.82) is 0 Å². The Labute approximate surface area is 119 Å². The molecule has 0 bridgehead atoms. The van der Waals surface area contributed by atoms with Gasteiger partial charge in [0.25, 0.3) is 0 Å². The maximum absolute atomic E-state index is 5.64. The summed E-state index contributed by atoms with van der Waals surface area (Å²) in [5.41, 5.74) is 9.27. The largest absolute Gasteiger partial charge is 0.368 e. The number of anilines is 3. The molecule has 0 atom stereocenters. The highest BCUT2D eigenvalue weighted by atomic mass is 79.9. The average Bonchev–Trinajstić information content (AvgIpc) is 2.38. The molecule has 0 fully saturated rings. The van der Waals surface area contributed by atoms with Crippen LogP contribution in [-0.4, -0.2) is 17.0 Å². The Balaban J connectivity index is 2.20. The summed E-state index contributed by atoms with van der Waals surface area (Å²) < 4.78 is 1.05. The van der Waals surface area contributed by atoms with Crippen LogP contribution in [0.1, 0.15) is 5.56 Å². The van der Waals surface area contributed by atoms with Gasteiger partial charge in [-0.2, -0.15) is 9.97 Å². The van der Waals surface area contributed by atoms with E-state index in [0.29, 0.717) is 18.2 Å². The van der Waals surface area contributed by atoms with Crippen molar-refractivity contribution in [2.24, 2.45) is 5.84 Å². The van der Waals surface area contributed by atoms with E-state index < -0.39 is 0 Å². The summed E-state index contributed by atoms with van der Waals surface area (Å²) in [4.78, 5) is 10.1. The third-order valence-electron chi connectivity index (χ3n) is 2.58. The smallest absolute Gasteiger partial charge is 0.223 e. The van der Waals surface area contributed by atoms with E-state index in [9.17, 15) is 0 Å². The molecule has 2 aromatic rings. The van der Waals surface area contributed by atoms with E-state index in [1.165, 1.54) is 0 Å². The number of benzene rings is 1. The Morgan fingerprint density at radius 1 is 1.32 bits per heavy atom. The zero-order chi connectivity index (χ0) is 13.8. The van der Waals surface area contributed by atoms with Crippen molar-refractivity contribution in [2.75, 3.05) is 23.1 Å². The zero-order valence-electron chi connectivity index (χ0n) is 10.5. The highest BCUT2D eigenvalue weighted by molar-refractivity contribution is 9.10. The molecule has 1 aromatic carbocycles. The summed E-state index contributed by atoms with van der Waals surface area (Å²) in [6, 6.07) is 9.84. The lowest BCUT2D eigenvalue weighted by atomic mass is 10.2. The first kappa shape index (κ1) is 13.6. The van der Waals surface area contributed by atoms with Crippen molar-refractivity contribution in [3.8, 4) is 0 Å². The molecular weight excluding hydrogens is 308 g/mol. The van der Waals surface area contributed by atoms with E-state index in [-0.39, 0.29) is 5.95 Å². The van der Waals surface area contributed by atoms with Gasteiger partial charge in [-0.25, -0.2) is 5.84 Å². The van der Waals surface area contributed by atoms with Crippen LogP contribution in [-0.2, 0) is 6.54 Å². The second-order valence-corrected chi connectivity index (χ2v) is 5.02. The molecule has 2 rings (SSSR count). The standard InChI is InChI=1S/C12H15BrN6/c1-19(7-8-3-2-4-9(13)5-8)11-6-10(18-15)16-12(14)17-11/h2-6H,7,15H2,1H3,(H3,14,16,17,18). The molecule has 0 aliphatic rings. The number of hydrazine groups is 1. The predicted molar refractivity (Wildman–Crippen MR) is 80.5 cm³/mol. The van der Waals surface area contributed by atoms with Crippen molar-refractivity contribution in [1.82, 2.24) is 9.97 Å². The highest BCUT2D eigenvalue weighted by Gasteiger charge is 2.07. The van der Waals surface area contributed by atoms with Crippen LogP contribution in [0.4, 0.5) is 17.6 Å². The van der Waals surface area contributed by atoms with Gasteiger partial charge in [0.15, 0.2) is 0 Å². The Morgan fingerprint density at radius 3 is 2.79 bits per heavy atom. The van der Waals surface area contributed by atoms with Gasteiger partial charge in [-0.05, 0) is 17.7 Å². The van der Waals surface area contributed by atoms with Gasteiger partial charge >= 0.3 is 0 Å². The molecule has 6 nitrogen and oxygen atoms in total. The van der Waals surface area contributed by atoms with Crippen molar-refractivity contribution >= 4 is 33.5 Å². The molecule has 19 heavy (non-hydrogen) atoms. The van der Waals surface area contributed by atoms with E-state index >= 15 is 0 Å². The lowest BCUT2D eigenvalue weighted by molar-refractivity contribution is 0.893. The minimum absolute atomic E-state index is 0.187. The molecule has 0 saturated heterocycles. The molecule has 0 amide bonds. The third-order valence-corrected chi connectivity index (χ3v) is 3.07. The molecule has 100 valence electrons. The number of nitrogens with two attached hydrogens (primary N) is 2. The molecule has 0 unspecified atom stereocenters. The topological polar surface area (TPSA) is 93.1 Å². The number of nitrogens with one attached hydrogen (secondary N) is 1. The Hall–Kier alpha value is -1.86. The minimum Gasteiger partial charge on any atom is -0.368 e. The monoisotopic (exact) mass is 322 g/mol. The number of rotatable bonds is 4. The SMILES string of the molecule is CN(Cc1cccc(Br)c1)c1cc(NN)nc(N)n1. The highest BCUT2D eigenvalue weighted by Crippen LogP contribution is 2.19. The van der Waals surface area contributed by atoms with E-state index in [1.54, 1.807) is 6.07 Å². The first-order valence-corrected chi connectivity index (χ1v) is 6.44. The fourth-order valence-electron chi connectivity index (χ4n) is 1.71. The molecule has 1 aromatic heterocycles. The molecule has 0 aliphatic heterocycles. The first-order valence-electron chi connectivity index (χ1n) is 5.65. The van der Waals surface area contributed by atoms with Crippen molar-refractivity contribution < 1.29 is 0 Å². The molecule has 0 spiro atoms. The van der Waals surface area contributed by atoms with Crippen LogP contribution in [0.15, 0.2) is 34.8 Å². The maximum atomic E-state index is 5.64. The van der Waals surface area contributed by atoms with E-state index in [0.717, 1.165) is 10.0 Å². The van der Waals surface area contributed by atoms with Crippen molar-refractivity contribution in [2.45, 2.75) is 6.54 Å². The van der Waals surface area contributed by atoms with E-state index in [4.69, 9.17) is 11.6 Å². The van der Waals surface area contributed by atoms with Crippen LogP contribution < -0.4 is 21.9 Å². The Bertz CT molecular complexity index is 574. The molecule has 0 aliphatic carbocycles. The van der Waals surface area contributed by atoms with Crippen molar-refractivity contribution in [3.05, 3.63) is 40.4 Å². The van der Waals surface area contributed by atoms with Crippen LogP contribution in [0.3, 0.4) is 0 Å². The van der Waals surface area contributed by atoms with Gasteiger partial charge in [0, 0.05) is 24.1 Å². The number of halogens is 1. The summed E-state index contributed by atoms with van der Waals surface area (Å²) in [6.07, 6.45) is 0. The van der Waals surface area contributed by atoms with Crippen LogP contribution in [0.2, 0.25) is 0 Å². The maximum Gasteiger partial charge on any atom is 0.223 e. The second-order valence-electron chi connectivity index (χ2n) is 4.10. The third kappa shape index (κ3) is 3.55. The van der Waals surface area contributed by atoms with E-state index in [1.807, 2.05) is 30.1 Å². The summed E-state index contributed by atoms with van der Waals surface area (Å²) in [6.45, 7) is 0.708. The second kappa shape index (κ2) is 5.85. The van der Waals surface area contributed by atoms with Crippen LogP contribution in [0.5, 0.6) is 0 Å². The quantitative estimate of drug-likeness (QED) is 0.586. The average molecular weight is 323 g/mol. The predicted octanol–water partition coefficient (Wildman–Crippen LogP) is 1.74. The first-order chi connectivity index (χ1) is 9.08. The van der Waals surface area contributed by atoms with Gasteiger partial charge in [0.2, 0.25) is 5.95 Å².